The number of nitrogens with two attached hydrogens (primary N) is 1. The van der Waals surface area contributed by atoms with E-state index in [1.165, 1.54) is 6.33 Å². The fourth-order valence-electron chi connectivity index (χ4n) is 1.11. The lowest BCUT2D eigenvalue weighted by molar-refractivity contribution is -0.352. The summed E-state index contributed by atoms with van der Waals surface area (Å²) in [6.45, 7) is 2.03. The van der Waals surface area contributed by atoms with Crippen molar-refractivity contribution >= 4 is 17.0 Å². The summed E-state index contributed by atoms with van der Waals surface area (Å²) >= 11 is 0. The molecule has 5 nitrogen and oxygen atoms in total. The highest BCUT2D eigenvalue weighted by atomic mass is 15.0. The molecule has 2 aromatic rings. The van der Waals surface area contributed by atoms with Crippen LogP contribution in [0.5, 0.6) is 0 Å². The number of nitrogen functional groups attached to an aromatic ring is 1. The van der Waals surface area contributed by atoms with E-state index < -0.39 is 0 Å². The first-order chi connectivity index (χ1) is 5.81. The fraction of sp³-hybridized carbons (Fsp3) is 0.286. The quantitative estimate of drug-likeness (QED) is 0.618. The number of H-pyrrole nitrogens is 2. The third-order valence-electron chi connectivity index (χ3n) is 1.75. The van der Waals surface area contributed by atoms with E-state index in [0.29, 0.717) is 5.82 Å². The molecule has 0 atom stereocenters. The predicted octanol–water partition coefficient (Wildman–Crippen LogP) is -0.0834. The molecule has 0 aliphatic rings. The van der Waals surface area contributed by atoms with E-state index in [4.69, 9.17) is 5.73 Å². The van der Waals surface area contributed by atoms with Crippen LogP contribution in [0.25, 0.3) is 11.2 Å². The highest BCUT2D eigenvalue weighted by Gasteiger charge is 2.11. The molecule has 62 valence electrons. The zero-order valence-electron chi connectivity index (χ0n) is 6.76. The largest absolute Gasteiger partial charge is 0.368 e. The van der Waals surface area contributed by atoms with E-state index in [9.17, 15) is 0 Å². The van der Waals surface area contributed by atoms with E-state index in [0.717, 1.165) is 23.4 Å². The van der Waals surface area contributed by atoms with Crippen LogP contribution in [-0.4, -0.2) is 15.0 Å². The number of nitrogens with one attached hydrogen (secondary N) is 2. The first-order valence-corrected chi connectivity index (χ1v) is 3.82. The maximum Gasteiger partial charge on any atom is 0.291 e. The predicted molar refractivity (Wildman–Crippen MR) is 44.2 cm³/mol. The first kappa shape index (κ1) is 7.02. The Labute approximate surface area is 69.1 Å². The number of nitrogens with zero attached hydrogens (tertiary/aromatic N) is 2. The molecule has 0 spiro atoms. The number of aromatic amines is 2. The zero-order valence-corrected chi connectivity index (χ0v) is 6.76. The molecule has 4 N–H and O–H groups in total. The Balaban J connectivity index is 2.74. The SMILES string of the molecule is CCc1nc2[nH+]cnc(N)c2[nH]1. The van der Waals surface area contributed by atoms with Crippen molar-refractivity contribution < 1.29 is 4.98 Å². The maximum atomic E-state index is 5.62. The molecule has 0 bridgehead atoms. The van der Waals surface area contributed by atoms with E-state index >= 15 is 0 Å². The molecule has 0 saturated carbocycles. The van der Waals surface area contributed by atoms with Gasteiger partial charge in [-0.25, -0.2) is 4.98 Å². The van der Waals surface area contributed by atoms with Gasteiger partial charge in [0.15, 0.2) is 11.3 Å². The topological polar surface area (TPSA) is 81.7 Å². The fourth-order valence-corrected chi connectivity index (χ4v) is 1.11. The summed E-state index contributed by atoms with van der Waals surface area (Å²) < 4.78 is 0. The van der Waals surface area contributed by atoms with Gasteiger partial charge in [0.25, 0.3) is 5.65 Å². The van der Waals surface area contributed by atoms with Gasteiger partial charge in [-0.3, -0.25) is 0 Å². The Morgan fingerprint density at radius 1 is 1.67 bits per heavy atom. The standard InChI is InChI=1S/C7H9N5/c1-2-4-11-5-6(8)9-3-10-7(5)12-4/h3H,2H2,1H3,(H3,8,9,10,11,12)/p+1. The molecule has 12 heavy (non-hydrogen) atoms. The molecule has 0 fully saturated rings. The summed E-state index contributed by atoms with van der Waals surface area (Å²) in [5.74, 6) is 1.40. The Kier molecular flexibility index (Phi) is 1.43. The van der Waals surface area contributed by atoms with Gasteiger partial charge in [0.2, 0.25) is 12.1 Å². The van der Waals surface area contributed by atoms with Crippen LogP contribution in [0.15, 0.2) is 6.33 Å². The summed E-state index contributed by atoms with van der Waals surface area (Å²) in [6, 6.07) is 0. The van der Waals surface area contributed by atoms with Crippen LogP contribution in [0, 0.1) is 0 Å². The lowest BCUT2D eigenvalue weighted by Crippen LogP contribution is -2.06. The van der Waals surface area contributed by atoms with Crippen LogP contribution in [0.1, 0.15) is 12.7 Å². The molecule has 2 heterocycles. The van der Waals surface area contributed by atoms with Crippen molar-refractivity contribution in [3.8, 4) is 0 Å². The number of aryl methyl sites for hydroxylation is 1. The van der Waals surface area contributed by atoms with Crippen LogP contribution in [0.2, 0.25) is 0 Å². The Morgan fingerprint density at radius 3 is 3.17 bits per heavy atom. The van der Waals surface area contributed by atoms with Crippen molar-refractivity contribution in [2.75, 3.05) is 5.73 Å². The van der Waals surface area contributed by atoms with Gasteiger partial charge in [-0.1, -0.05) is 16.9 Å². The van der Waals surface area contributed by atoms with Crippen LogP contribution < -0.4 is 10.7 Å². The van der Waals surface area contributed by atoms with Crippen LogP contribution >= 0.6 is 0 Å². The first-order valence-electron chi connectivity index (χ1n) is 3.82. The minimum absolute atomic E-state index is 0.482. The maximum absolute atomic E-state index is 5.62. The Hall–Kier alpha value is -1.65. The summed E-state index contributed by atoms with van der Waals surface area (Å²) in [6.07, 6.45) is 2.40. The molecule has 5 heteroatoms. The number of rotatable bonds is 1. The second-order valence-electron chi connectivity index (χ2n) is 2.55. The molecule has 0 saturated heterocycles. The molecular formula is C7H10N5+. The average Bonchev–Trinajstić information content (AvgIpc) is 2.49. The summed E-state index contributed by atoms with van der Waals surface area (Å²) in [5.41, 5.74) is 7.17. The van der Waals surface area contributed by atoms with Crippen molar-refractivity contribution in [2.45, 2.75) is 13.3 Å². The normalized spacial score (nSPS) is 10.8. The molecule has 0 aromatic carbocycles. The van der Waals surface area contributed by atoms with Crippen molar-refractivity contribution in [3.63, 3.8) is 0 Å². The molecule has 0 aliphatic heterocycles. The third kappa shape index (κ3) is 0.903. The van der Waals surface area contributed by atoms with Gasteiger partial charge >= 0.3 is 0 Å². The van der Waals surface area contributed by atoms with Gasteiger partial charge in [-0.2, -0.15) is 0 Å². The van der Waals surface area contributed by atoms with Crippen molar-refractivity contribution in [2.24, 2.45) is 0 Å². The number of anilines is 1. The van der Waals surface area contributed by atoms with Crippen molar-refractivity contribution in [1.29, 1.82) is 0 Å². The lowest BCUT2D eigenvalue weighted by Gasteiger charge is -1.83. The molecule has 2 aromatic heterocycles. The monoisotopic (exact) mass is 164 g/mol. The van der Waals surface area contributed by atoms with Gasteiger partial charge in [-0.15, -0.1) is 0 Å². The number of imidazole rings is 1. The molecule has 2 rings (SSSR count). The summed E-state index contributed by atoms with van der Waals surface area (Å²) in [5, 5.41) is 0. The minimum atomic E-state index is 0.482. The van der Waals surface area contributed by atoms with Gasteiger partial charge in [0.1, 0.15) is 0 Å². The molecule has 0 amide bonds. The van der Waals surface area contributed by atoms with Crippen molar-refractivity contribution in [3.05, 3.63) is 12.2 Å². The average molecular weight is 164 g/mol. The van der Waals surface area contributed by atoms with E-state index in [-0.39, 0.29) is 0 Å². The summed E-state index contributed by atoms with van der Waals surface area (Å²) in [7, 11) is 0. The molecule has 0 aliphatic carbocycles. The Bertz CT molecular complexity index is 405. The van der Waals surface area contributed by atoms with Crippen molar-refractivity contribution in [1.82, 2.24) is 15.0 Å². The molecule has 0 unspecified atom stereocenters. The second-order valence-corrected chi connectivity index (χ2v) is 2.55. The molecular weight excluding hydrogens is 154 g/mol. The zero-order chi connectivity index (χ0) is 8.55. The van der Waals surface area contributed by atoms with Crippen LogP contribution in [0.4, 0.5) is 5.82 Å². The minimum Gasteiger partial charge on any atom is -0.368 e. The van der Waals surface area contributed by atoms with Gasteiger partial charge in [-0.05, 0) is 0 Å². The van der Waals surface area contributed by atoms with Crippen LogP contribution in [-0.2, 0) is 6.42 Å². The second kappa shape index (κ2) is 2.44. The van der Waals surface area contributed by atoms with Gasteiger partial charge < -0.3 is 10.7 Å². The van der Waals surface area contributed by atoms with E-state index in [1.807, 2.05) is 6.92 Å². The van der Waals surface area contributed by atoms with E-state index in [2.05, 4.69) is 19.9 Å². The highest BCUT2D eigenvalue weighted by molar-refractivity contribution is 5.78. The van der Waals surface area contributed by atoms with Gasteiger partial charge in [0, 0.05) is 6.42 Å². The smallest absolute Gasteiger partial charge is 0.291 e. The van der Waals surface area contributed by atoms with E-state index in [1.54, 1.807) is 0 Å². The lowest BCUT2D eigenvalue weighted by atomic mass is 10.5. The number of hydrogen-bond donors (Lipinski definition) is 2. The van der Waals surface area contributed by atoms with Crippen LogP contribution in [0.3, 0.4) is 0 Å². The third-order valence-corrected chi connectivity index (χ3v) is 1.75. The number of hydrogen-bond acceptors (Lipinski definition) is 3. The van der Waals surface area contributed by atoms with Gasteiger partial charge in [0.05, 0.1) is 0 Å². The highest BCUT2D eigenvalue weighted by Crippen LogP contribution is 2.10. The number of aromatic nitrogens is 4. The summed E-state index contributed by atoms with van der Waals surface area (Å²) in [4.78, 5) is 14.2. The Morgan fingerprint density at radius 2 is 2.50 bits per heavy atom. The number of fused-ring (bicyclic) bond motifs is 1. The molecule has 0 radical (unpaired) electrons.